The highest BCUT2D eigenvalue weighted by Gasteiger charge is 2.64. The van der Waals surface area contributed by atoms with E-state index in [0.29, 0.717) is 13.0 Å². The molecule has 2 N–H and O–H groups in total. The van der Waals surface area contributed by atoms with Gasteiger partial charge in [0.25, 0.3) is 5.92 Å². The lowest BCUT2D eigenvalue weighted by Gasteiger charge is -2.52. The van der Waals surface area contributed by atoms with Gasteiger partial charge in [-0.15, -0.1) is 11.3 Å². The number of alkyl halides is 5. The van der Waals surface area contributed by atoms with Crippen LogP contribution < -0.4 is 15.4 Å². The fourth-order valence-corrected chi connectivity index (χ4v) is 10.9. The summed E-state index contributed by atoms with van der Waals surface area (Å²) in [6.45, 7) is 1.03. The average Bonchev–Trinajstić information content (AvgIpc) is 3.30. The Morgan fingerprint density at radius 1 is 1.14 bits per heavy atom. The number of amides is 1. The van der Waals surface area contributed by atoms with E-state index in [4.69, 9.17) is 27.1 Å². The zero-order chi connectivity index (χ0) is 39.5. The molecule has 4 saturated heterocycles. The molecule has 2 aromatic heterocycles. The number of nitrogens with zero attached hydrogens (tertiary/aromatic N) is 6. The molecule has 0 radical (unpaired) electrons. The highest BCUT2D eigenvalue weighted by atomic mass is 35.5. The minimum atomic E-state index is -3.08. The quantitative estimate of drug-likeness (QED) is 0.188. The standard InChI is InChI=1S/C38H35ClF7N7O2S/c39-24-8-21-29(28(42)27(24)20-2-3-25(41)30-26(20)22(12-47)32(48)56-30)49-35(55-17-37-5-1-6-53(37)13-19(40)10-37)50-33(21)51-7-4-18(31(43)44)9-36(14-51)15-52(16-36)34(54)23-11-38(23,45)46/h2-3,8,18-19,23,31H,1,4-7,9-11,13-17,48H2/t18?,19-,23+,37+/m1/s1. The highest BCUT2D eigenvalue weighted by molar-refractivity contribution is 7.23. The van der Waals surface area contributed by atoms with Gasteiger partial charge in [-0.05, 0) is 49.9 Å². The van der Waals surface area contributed by atoms with Crippen LogP contribution in [-0.2, 0) is 4.79 Å². The predicted octanol–water partition coefficient (Wildman–Crippen LogP) is 7.82. The van der Waals surface area contributed by atoms with Gasteiger partial charge in [-0.25, -0.2) is 30.7 Å². The number of nitrogens with two attached hydrogens (primary N) is 1. The molecular formula is C38H35ClF7N7O2S. The van der Waals surface area contributed by atoms with Crippen molar-refractivity contribution in [2.75, 3.05) is 56.5 Å². The van der Waals surface area contributed by atoms with Crippen LogP contribution >= 0.6 is 22.9 Å². The Balaban J connectivity index is 1.16. The molecule has 1 unspecified atom stereocenters. The van der Waals surface area contributed by atoms with Gasteiger partial charge in [-0.1, -0.05) is 17.7 Å². The summed E-state index contributed by atoms with van der Waals surface area (Å²) in [7, 11) is 0. The van der Waals surface area contributed by atoms with Crippen molar-refractivity contribution in [3.8, 4) is 23.2 Å². The maximum atomic E-state index is 17.3. The zero-order valence-corrected chi connectivity index (χ0v) is 31.3. The van der Waals surface area contributed by atoms with Gasteiger partial charge in [0.05, 0.1) is 20.8 Å². The molecule has 4 atom stereocenters. The van der Waals surface area contributed by atoms with Crippen molar-refractivity contribution in [2.24, 2.45) is 17.3 Å². The van der Waals surface area contributed by atoms with Crippen LogP contribution in [0.3, 0.4) is 0 Å². The van der Waals surface area contributed by atoms with Gasteiger partial charge >= 0.3 is 6.01 Å². The van der Waals surface area contributed by atoms with Crippen LogP contribution in [0.4, 0.5) is 41.6 Å². The zero-order valence-electron chi connectivity index (χ0n) is 29.7. The van der Waals surface area contributed by atoms with Crippen molar-refractivity contribution in [2.45, 2.75) is 62.6 Å². The molecular weight excluding hydrogens is 787 g/mol. The first kappa shape index (κ1) is 37.4. The Bertz CT molecular complexity index is 2340. The lowest BCUT2D eigenvalue weighted by molar-refractivity contribution is -0.148. The van der Waals surface area contributed by atoms with Crippen LogP contribution in [0.15, 0.2) is 18.2 Å². The van der Waals surface area contributed by atoms with Crippen LogP contribution in [0.2, 0.25) is 5.02 Å². The summed E-state index contributed by atoms with van der Waals surface area (Å²) < 4.78 is 110. The Hall–Kier alpha value is -4.14. The normalized spacial score (nSPS) is 26.8. The predicted molar refractivity (Wildman–Crippen MR) is 196 cm³/mol. The number of ether oxygens (including phenoxy) is 1. The second-order valence-corrected chi connectivity index (χ2v) is 17.6. The van der Waals surface area contributed by atoms with E-state index >= 15 is 8.78 Å². The molecule has 1 amide bonds. The molecule has 56 heavy (non-hydrogen) atoms. The minimum absolute atomic E-state index is 0.000999. The molecule has 6 heterocycles. The molecule has 1 saturated carbocycles. The third-order valence-corrected chi connectivity index (χ3v) is 13.7. The van der Waals surface area contributed by atoms with E-state index < -0.39 is 65.3 Å². The fourth-order valence-electron chi connectivity index (χ4n) is 9.64. The minimum Gasteiger partial charge on any atom is -0.461 e. The molecule has 1 aliphatic carbocycles. The van der Waals surface area contributed by atoms with E-state index in [-0.39, 0.29) is 118 Å². The molecule has 9 nitrogen and oxygen atoms in total. The van der Waals surface area contributed by atoms with Crippen molar-refractivity contribution < 1.29 is 40.3 Å². The number of carbonyl (C=O) groups is 1. The van der Waals surface area contributed by atoms with Crippen molar-refractivity contribution in [1.29, 1.82) is 5.26 Å². The van der Waals surface area contributed by atoms with Crippen LogP contribution in [-0.4, -0.2) is 95.6 Å². The summed E-state index contributed by atoms with van der Waals surface area (Å²) in [5.74, 6) is -7.79. The van der Waals surface area contributed by atoms with E-state index in [0.717, 1.165) is 23.8 Å². The highest BCUT2D eigenvalue weighted by Crippen LogP contribution is 2.53. The SMILES string of the molecule is N#Cc1c(N)sc2c(F)ccc(-c3c(Cl)cc4c(N5CCC(C(F)F)CC6(CN(C(=O)[C@@H]7CC7(F)F)C6)C5)nc(OC[C@@]56CCCN5C[C@H](F)C6)nc4c3F)c12. The molecule has 18 heteroatoms. The first-order valence-electron chi connectivity index (χ1n) is 18.4. The van der Waals surface area contributed by atoms with Gasteiger partial charge in [-0.3, -0.25) is 9.69 Å². The van der Waals surface area contributed by atoms with E-state index in [1.54, 1.807) is 4.90 Å². The third kappa shape index (κ3) is 6.00. The van der Waals surface area contributed by atoms with E-state index in [2.05, 4.69) is 4.98 Å². The molecule has 1 spiro atoms. The largest absolute Gasteiger partial charge is 0.461 e. The van der Waals surface area contributed by atoms with E-state index in [9.17, 15) is 32.0 Å². The summed E-state index contributed by atoms with van der Waals surface area (Å²) in [6.07, 6.45) is -2.54. The molecule has 5 fully saturated rings. The number of likely N-dealkylation sites (tertiary alicyclic amines) is 1. The third-order valence-electron chi connectivity index (χ3n) is 12.4. The van der Waals surface area contributed by atoms with Gasteiger partial charge < -0.3 is 20.3 Å². The van der Waals surface area contributed by atoms with Gasteiger partial charge in [0.2, 0.25) is 12.3 Å². The average molecular weight is 822 g/mol. The first-order valence-corrected chi connectivity index (χ1v) is 19.6. The lowest BCUT2D eigenvalue weighted by Crippen LogP contribution is -2.63. The maximum absolute atomic E-state index is 17.3. The van der Waals surface area contributed by atoms with E-state index in [1.807, 2.05) is 11.0 Å². The van der Waals surface area contributed by atoms with Crippen molar-refractivity contribution >= 4 is 60.7 Å². The number of benzene rings is 2. The van der Waals surface area contributed by atoms with Crippen LogP contribution in [0.5, 0.6) is 6.01 Å². The van der Waals surface area contributed by atoms with Crippen molar-refractivity contribution in [3.05, 3.63) is 40.4 Å². The molecule has 5 aliphatic rings. The Morgan fingerprint density at radius 3 is 2.62 bits per heavy atom. The number of fused-ring (bicyclic) bond motifs is 3. The summed E-state index contributed by atoms with van der Waals surface area (Å²) in [6, 6.07) is 5.55. The number of hydrogen-bond acceptors (Lipinski definition) is 9. The molecule has 4 aromatic rings. The second kappa shape index (κ2) is 13.2. The molecule has 4 aliphatic heterocycles. The molecule has 2 aromatic carbocycles. The van der Waals surface area contributed by atoms with Gasteiger partial charge in [-0.2, -0.15) is 15.2 Å². The Morgan fingerprint density at radius 2 is 1.91 bits per heavy atom. The number of hydrogen-bond donors (Lipinski definition) is 1. The monoisotopic (exact) mass is 821 g/mol. The number of anilines is 2. The number of thiophene rings is 1. The second-order valence-electron chi connectivity index (χ2n) is 16.1. The number of nitrogen functional groups attached to an aromatic ring is 1. The number of carbonyl (C=O) groups excluding carboxylic acids is 1. The molecule has 296 valence electrons. The van der Waals surface area contributed by atoms with Crippen molar-refractivity contribution in [3.63, 3.8) is 0 Å². The van der Waals surface area contributed by atoms with Crippen LogP contribution in [0.1, 0.15) is 44.1 Å². The number of rotatable bonds is 7. The Labute approximate surface area is 325 Å². The topological polar surface area (TPSA) is 112 Å². The fraction of sp³-hybridized carbons (Fsp3) is 0.526. The first-order chi connectivity index (χ1) is 26.6. The van der Waals surface area contributed by atoms with Gasteiger partial charge in [0.1, 0.15) is 46.9 Å². The number of halogens is 8. The number of aromatic nitrogens is 2. The molecule has 9 rings (SSSR count). The summed E-state index contributed by atoms with van der Waals surface area (Å²) in [4.78, 5) is 27.1. The van der Waals surface area contributed by atoms with E-state index in [1.165, 1.54) is 17.0 Å². The van der Waals surface area contributed by atoms with Crippen LogP contribution in [0, 0.1) is 40.2 Å². The summed E-state index contributed by atoms with van der Waals surface area (Å²) in [5.41, 5.74) is 4.12. The molecule has 0 bridgehead atoms. The van der Waals surface area contributed by atoms with Gasteiger partial charge in [0, 0.05) is 73.2 Å². The van der Waals surface area contributed by atoms with Crippen molar-refractivity contribution in [1.82, 2.24) is 19.8 Å². The number of nitriles is 1. The Kier molecular flexibility index (Phi) is 8.83. The maximum Gasteiger partial charge on any atom is 0.319 e. The smallest absolute Gasteiger partial charge is 0.319 e. The summed E-state index contributed by atoms with van der Waals surface area (Å²) in [5, 5.41) is 9.99. The summed E-state index contributed by atoms with van der Waals surface area (Å²) >= 11 is 7.70. The van der Waals surface area contributed by atoms with Crippen LogP contribution in [0.25, 0.3) is 32.1 Å². The van der Waals surface area contributed by atoms with Gasteiger partial charge in [0.15, 0.2) is 5.82 Å². The lowest BCUT2D eigenvalue weighted by atomic mass is 9.72.